The summed E-state index contributed by atoms with van der Waals surface area (Å²) in [6.45, 7) is 2.41. The van der Waals surface area contributed by atoms with E-state index in [0.717, 1.165) is 0 Å². The Hall–Kier alpha value is -0.890. The van der Waals surface area contributed by atoms with E-state index < -0.39 is 0 Å². The Morgan fingerprint density at radius 1 is 1.44 bits per heavy atom. The average molecular weight is 216 g/mol. The number of fused-ring (bicyclic) bond motifs is 1. The van der Waals surface area contributed by atoms with E-state index in [9.17, 15) is 0 Å². The molecule has 3 unspecified atom stereocenters. The molecule has 0 saturated heterocycles. The highest BCUT2D eigenvalue weighted by molar-refractivity contribution is 5.30. The van der Waals surface area contributed by atoms with Crippen molar-refractivity contribution in [3.63, 3.8) is 0 Å². The second kappa shape index (κ2) is 3.56. The standard InChI is InChI=1S/C14H20N2/c1-14(7-6-11(15)9-14)12-5-4-10-3-2-8-16-13(10)12/h2-3,8,11-12H,4-7,9,15H2,1H3. The fraction of sp³-hybridized carbons (Fsp3) is 0.643. The maximum Gasteiger partial charge on any atom is 0.0471 e. The van der Waals surface area contributed by atoms with Crippen molar-refractivity contribution in [2.24, 2.45) is 11.1 Å². The van der Waals surface area contributed by atoms with Crippen molar-refractivity contribution in [1.29, 1.82) is 0 Å². The Balaban J connectivity index is 1.93. The van der Waals surface area contributed by atoms with Crippen LogP contribution in [0, 0.1) is 5.41 Å². The number of nitrogens with two attached hydrogens (primary N) is 1. The summed E-state index contributed by atoms with van der Waals surface area (Å²) in [7, 11) is 0. The van der Waals surface area contributed by atoms with Crippen LogP contribution in [-0.2, 0) is 6.42 Å². The van der Waals surface area contributed by atoms with Crippen LogP contribution in [0.2, 0.25) is 0 Å². The Kier molecular flexibility index (Phi) is 2.28. The number of rotatable bonds is 1. The van der Waals surface area contributed by atoms with Gasteiger partial charge in [-0.05, 0) is 49.1 Å². The highest BCUT2D eigenvalue weighted by Crippen LogP contribution is 2.52. The van der Waals surface area contributed by atoms with E-state index in [1.165, 1.54) is 43.4 Å². The van der Waals surface area contributed by atoms with Crippen LogP contribution in [0.3, 0.4) is 0 Å². The molecule has 0 amide bonds. The van der Waals surface area contributed by atoms with Crippen LogP contribution in [0.1, 0.15) is 49.8 Å². The molecule has 1 fully saturated rings. The fourth-order valence-corrected chi connectivity index (χ4v) is 3.73. The number of hydrogen-bond donors (Lipinski definition) is 1. The molecule has 2 nitrogen and oxygen atoms in total. The normalized spacial score (nSPS) is 37.6. The largest absolute Gasteiger partial charge is 0.328 e. The van der Waals surface area contributed by atoms with Gasteiger partial charge in [-0.25, -0.2) is 0 Å². The Bertz CT molecular complexity index is 401. The molecule has 3 atom stereocenters. The second-order valence-electron chi connectivity index (χ2n) is 5.80. The van der Waals surface area contributed by atoms with Gasteiger partial charge in [-0.2, -0.15) is 0 Å². The first-order valence-electron chi connectivity index (χ1n) is 6.38. The molecule has 16 heavy (non-hydrogen) atoms. The monoisotopic (exact) mass is 216 g/mol. The lowest BCUT2D eigenvalue weighted by Crippen LogP contribution is -2.25. The maximum atomic E-state index is 6.08. The summed E-state index contributed by atoms with van der Waals surface area (Å²) in [5.74, 6) is 0.650. The number of hydrogen-bond acceptors (Lipinski definition) is 2. The van der Waals surface area contributed by atoms with Gasteiger partial charge in [0.05, 0.1) is 0 Å². The third-order valence-electron chi connectivity index (χ3n) is 4.61. The zero-order valence-electron chi connectivity index (χ0n) is 9.95. The van der Waals surface area contributed by atoms with Gasteiger partial charge in [-0.3, -0.25) is 4.98 Å². The van der Waals surface area contributed by atoms with Gasteiger partial charge < -0.3 is 5.73 Å². The molecule has 0 spiro atoms. The Morgan fingerprint density at radius 2 is 2.31 bits per heavy atom. The molecule has 1 aromatic heterocycles. The lowest BCUT2D eigenvalue weighted by atomic mass is 9.74. The first-order chi connectivity index (χ1) is 7.69. The van der Waals surface area contributed by atoms with Gasteiger partial charge in [0.25, 0.3) is 0 Å². The lowest BCUT2D eigenvalue weighted by molar-refractivity contribution is 0.253. The molecule has 2 heteroatoms. The van der Waals surface area contributed by atoms with Crippen LogP contribution in [0.4, 0.5) is 0 Å². The number of pyridine rings is 1. The van der Waals surface area contributed by atoms with Crippen molar-refractivity contribution in [1.82, 2.24) is 4.98 Å². The van der Waals surface area contributed by atoms with Crippen LogP contribution in [-0.4, -0.2) is 11.0 Å². The van der Waals surface area contributed by atoms with Gasteiger partial charge in [0.2, 0.25) is 0 Å². The molecule has 0 radical (unpaired) electrons. The zero-order valence-corrected chi connectivity index (χ0v) is 9.95. The smallest absolute Gasteiger partial charge is 0.0471 e. The highest BCUT2D eigenvalue weighted by atomic mass is 14.7. The van der Waals surface area contributed by atoms with Gasteiger partial charge in [-0.1, -0.05) is 13.0 Å². The van der Waals surface area contributed by atoms with Gasteiger partial charge in [0, 0.05) is 23.9 Å². The summed E-state index contributed by atoms with van der Waals surface area (Å²) < 4.78 is 0. The van der Waals surface area contributed by atoms with E-state index in [-0.39, 0.29) is 0 Å². The number of aromatic nitrogens is 1. The van der Waals surface area contributed by atoms with E-state index in [1.54, 1.807) is 0 Å². The van der Waals surface area contributed by atoms with Crippen molar-refractivity contribution < 1.29 is 0 Å². The molecule has 0 bridgehead atoms. The highest BCUT2D eigenvalue weighted by Gasteiger charge is 2.43. The first-order valence-corrected chi connectivity index (χ1v) is 6.38. The molecule has 1 saturated carbocycles. The van der Waals surface area contributed by atoms with Gasteiger partial charge >= 0.3 is 0 Å². The minimum Gasteiger partial charge on any atom is -0.328 e. The van der Waals surface area contributed by atoms with E-state index in [1.807, 2.05) is 6.20 Å². The third-order valence-corrected chi connectivity index (χ3v) is 4.61. The van der Waals surface area contributed by atoms with Gasteiger partial charge in [0.15, 0.2) is 0 Å². The van der Waals surface area contributed by atoms with Crippen LogP contribution < -0.4 is 5.73 Å². The van der Waals surface area contributed by atoms with Crippen molar-refractivity contribution in [2.75, 3.05) is 0 Å². The fourth-order valence-electron chi connectivity index (χ4n) is 3.73. The minimum absolute atomic E-state index is 0.402. The number of aryl methyl sites for hydroxylation is 1. The molecule has 3 rings (SSSR count). The molecule has 0 aliphatic heterocycles. The lowest BCUT2D eigenvalue weighted by Gasteiger charge is -2.31. The number of nitrogens with zero attached hydrogens (tertiary/aromatic N) is 1. The van der Waals surface area contributed by atoms with Crippen molar-refractivity contribution in [3.05, 3.63) is 29.6 Å². The van der Waals surface area contributed by atoms with Crippen LogP contribution in [0.5, 0.6) is 0 Å². The minimum atomic E-state index is 0.402. The zero-order chi connectivity index (χ0) is 11.2. The molecule has 1 heterocycles. The van der Waals surface area contributed by atoms with E-state index in [2.05, 4.69) is 24.0 Å². The molecule has 86 valence electrons. The molecule has 2 aliphatic carbocycles. The van der Waals surface area contributed by atoms with Crippen LogP contribution in [0.25, 0.3) is 0 Å². The summed E-state index contributed by atoms with van der Waals surface area (Å²) >= 11 is 0. The quantitative estimate of drug-likeness (QED) is 0.783. The SMILES string of the molecule is CC1(C2CCc3cccnc32)CCC(N)C1. The summed E-state index contributed by atoms with van der Waals surface area (Å²) in [5, 5.41) is 0. The van der Waals surface area contributed by atoms with E-state index in [4.69, 9.17) is 5.73 Å². The second-order valence-corrected chi connectivity index (χ2v) is 5.80. The molecular weight excluding hydrogens is 196 g/mol. The summed E-state index contributed by atoms with van der Waals surface area (Å²) in [4.78, 5) is 4.61. The average Bonchev–Trinajstić information content (AvgIpc) is 2.83. The Labute approximate surface area is 97.3 Å². The topological polar surface area (TPSA) is 38.9 Å². The van der Waals surface area contributed by atoms with Crippen molar-refractivity contribution in [2.45, 2.75) is 51.0 Å². The van der Waals surface area contributed by atoms with Crippen LogP contribution >= 0.6 is 0 Å². The summed E-state index contributed by atoms with van der Waals surface area (Å²) in [6.07, 6.45) is 8.06. The summed E-state index contributed by atoms with van der Waals surface area (Å²) in [5.41, 5.74) is 9.31. The summed E-state index contributed by atoms with van der Waals surface area (Å²) in [6, 6.07) is 4.71. The molecule has 0 aromatic carbocycles. The first kappa shape index (κ1) is 10.3. The molecule has 2 aliphatic rings. The van der Waals surface area contributed by atoms with E-state index in [0.29, 0.717) is 17.4 Å². The van der Waals surface area contributed by atoms with Gasteiger partial charge in [-0.15, -0.1) is 0 Å². The predicted molar refractivity (Wildman–Crippen MR) is 65.2 cm³/mol. The van der Waals surface area contributed by atoms with Crippen molar-refractivity contribution in [3.8, 4) is 0 Å². The molecule has 1 aromatic rings. The van der Waals surface area contributed by atoms with Crippen LogP contribution in [0.15, 0.2) is 18.3 Å². The molecule has 2 N–H and O–H groups in total. The van der Waals surface area contributed by atoms with Crippen molar-refractivity contribution >= 4 is 0 Å². The van der Waals surface area contributed by atoms with Gasteiger partial charge in [0.1, 0.15) is 0 Å². The van der Waals surface area contributed by atoms with E-state index >= 15 is 0 Å². The third kappa shape index (κ3) is 1.47. The molecular formula is C14H20N2. The Morgan fingerprint density at radius 3 is 3.06 bits per heavy atom. The maximum absolute atomic E-state index is 6.08. The predicted octanol–water partition coefficient (Wildman–Crippen LogP) is 2.63.